The topological polar surface area (TPSA) is 12.0 Å². The monoisotopic (exact) mass is 156 g/mol. The average molecular weight is 156 g/mol. The Balaban J connectivity index is 1.96. The summed E-state index contributed by atoms with van der Waals surface area (Å²) in [6, 6.07) is 0. The molecule has 1 nitrogen and oxygen atoms in total. The molecule has 1 heterocycles. The van der Waals surface area contributed by atoms with Gasteiger partial charge in [-0.05, 0) is 37.6 Å². The van der Waals surface area contributed by atoms with Crippen LogP contribution in [0, 0.1) is 11.8 Å². The van der Waals surface area contributed by atoms with Gasteiger partial charge in [-0.1, -0.05) is 0 Å². The predicted molar refractivity (Wildman–Crippen MR) is 46.2 cm³/mol. The van der Waals surface area contributed by atoms with Gasteiger partial charge in [-0.25, -0.2) is 0 Å². The van der Waals surface area contributed by atoms with Crippen LogP contribution in [0.25, 0.3) is 0 Å². The molecule has 0 bridgehead atoms. The minimum Gasteiger partial charge on any atom is -0.316 e. The van der Waals surface area contributed by atoms with E-state index in [0.29, 0.717) is 5.25 Å². The quantitative estimate of drug-likeness (QED) is 0.503. The van der Waals surface area contributed by atoms with E-state index in [2.05, 4.69) is 17.9 Å². The van der Waals surface area contributed by atoms with Crippen molar-refractivity contribution in [1.29, 1.82) is 0 Å². The summed E-state index contributed by atoms with van der Waals surface area (Å²) in [5.74, 6) is 2.63. The molecule has 1 saturated carbocycles. The fourth-order valence-electron chi connectivity index (χ4n) is 2.04. The standard InChI is InChI=1S/C8H14NS/c10-8-2-1-6-4-9-5-7(6)3-8/h6,8-10H,1-5H2. The Hall–Kier alpha value is 0.310. The molecule has 57 valence electrons. The van der Waals surface area contributed by atoms with Gasteiger partial charge in [0.05, 0.1) is 0 Å². The normalized spacial score (nSPS) is 41.7. The molecule has 0 spiro atoms. The van der Waals surface area contributed by atoms with Crippen molar-refractivity contribution < 1.29 is 0 Å². The van der Waals surface area contributed by atoms with E-state index in [-0.39, 0.29) is 0 Å². The molecule has 0 amide bonds. The first-order chi connectivity index (χ1) is 4.86. The largest absolute Gasteiger partial charge is 0.316 e. The highest BCUT2D eigenvalue weighted by molar-refractivity contribution is 7.80. The van der Waals surface area contributed by atoms with Crippen LogP contribution in [-0.2, 0) is 0 Å². The van der Waals surface area contributed by atoms with Gasteiger partial charge in [-0.15, -0.1) is 0 Å². The van der Waals surface area contributed by atoms with Gasteiger partial charge in [-0.3, -0.25) is 0 Å². The first-order valence-corrected chi connectivity index (χ1v) is 4.61. The first kappa shape index (κ1) is 6.99. The number of thiol groups is 1. The Morgan fingerprint density at radius 1 is 1.40 bits per heavy atom. The lowest BCUT2D eigenvalue weighted by atomic mass is 9.81. The molecule has 1 saturated heterocycles. The highest BCUT2D eigenvalue weighted by atomic mass is 32.1. The van der Waals surface area contributed by atoms with E-state index in [9.17, 15) is 0 Å². The molecule has 2 aliphatic rings. The molecule has 1 radical (unpaired) electrons. The summed E-state index contributed by atoms with van der Waals surface area (Å²) in [7, 11) is 0. The summed E-state index contributed by atoms with van der Waals surface area (Å²) in [4.78, 5) is 0. The smallest absolute Gasteiger partial charge is 0.00230 e. The Bertz CT molecular complexity index is 126. The molecule has 2 heteroatoms. The minimum absolute atomic E-state index is 0.658. The fourth-order valence-corrected chi connectivity index (χ4v) is 2.42. The van der Waals surface area contributed by atoms with Gasteiger partial charge < -0.3 is 5.32 Å². The van der Waals surface area contributed by atoms with Gasteiger partial charge in [0.15, 0.2) is 0 Å². The van der Waals surface area contributed by atoms with Gasteiger partial charge in [0.25, 0.3) is 0 Å². The van der Waals surface area contributed by atoms with Crippen molar-refractivity contribution in [2.45, 2.75) is 24.5 Å². The number of nitrogens with one attached hydrogen (secondary N) is 1. The lowest BCUT2D eigenvalue weighted by Gasteiger charge is -2.27. The lowest BCUT2D eigenvalue weighted by Crippen LogP contribution is -2.21. The maximum absolute atomic E-state index is 4.49. The molecule has 2 rings (SSSR count). The van der Waals surface area contributed by atoms with Crippen molar-refractivity contribution in [1.82, 2.24) is 5.32 Å². The summed E-state index contributed by atoms with van der Waals surface area (Å²) >= 11 is 4.49. The van der Waals surface area contributed by atoms with E-state index in [1.807, 2.05) is 0 Å². The zero-order valence-electron chi connectivity index (χ0n) is 6.14. The number of hydrogen-bond donors (Lipinski definition) is 2. The average Bonchev–Trinajstić information content (AvgIpc) is 2.33. The van der Waals surface area contributed by atoms with Crippen molar-refractivity contribution in [3.8, 4) is 0 Å². The third kappa shape index (κ3) is 1.19. The van der Waals surface area contributed by atoms with Gasteiger partial charge >= 0.3 is 0 Å². The van der Waals surface area contributed by atoms with Crippen LogP contribution in [0.1, 0.15) is 19.3 Å². The maximum Gasteiger partial charge on any atom is 0.00230 e. The van der Waals surface area contributed by atoms with Crippen LogP contribution in [0.2, 0.25) is 0 Å². The molecule has 0 aromatic heterocycles. The second-order valence-corrected chi connectivity index (χ2v) is 4.15. The summed E-state index contributed by atoms with van der Waals surface area (Å²) in [5.41, 5.74) is 0. The van der Waals surface area contributed by atoms with Crippen molar-refractivity contribution >= 4 is 12.6 Å². The van der Waals surface area contributed by atoms with Gasteiger partial charge in [0, 0.05) is 11.8 Å². The maximum atomic E-state index is 4.49. The van der Waals surface area contributed by atoms with Crippen LogP contribution in [0.4, 0.5) is 0 Å². The predicted octanol–water partition coefficient (Wildman–Crippen LogP) is 1.26. The molecule has 2 atom stereocenters. The summed E-state index contributed by atoms with van der Waals surface area (Å²) < 4.78 is 0. The molecule has 2 fully saturated rings. The second kappa shape index (κ2) is 2.74. The number of hydrogen-bond acceptors (Lipinski definition) is 2. The third-order valence-corrected chi connectivity index (χ3v) is 3.11. The summed E-state index contributed by atoms with van der Waals surface area (Å²) in [6.07, 6.45) is 3.95. The molecule has 1 aliphatic heterocycles. The lowest BCUT2D eigenvalue weighted by molar-refractivity contribution is 0.447. The minimum atomic E-state index is 0.658. The van der Waals surface area contributed by atoms with Crippen molar-refractivity contribution in [3.63, 3.8) is 0 Å². The van der Waals surface area contributed by atoms with Crippen LogP contribution in [-0.4, -0.2) is 18.3 Å². The van der Waals surface area contributed by atoms with Crippen LogP contribution < -0.4 is 5.32 Å². The van der Waals surface area contributed by atoms with E-state index < -0.39 is 0 Å². The molecular formula is C8H14NS. The van der Waals surface area contributed by atoms with Crippen molar-refractivity contribution in [2.75, 3.05) is 13.1 Å². The van der Waals surface area contributed by atoms with E-state index in [4.69, 9.17) is 0 Å². The van der Waals surface area contributed by atoms with E-state index in [0.717, 1.165) is 5.92 Å². The molecular weight excluding hydrogens is 142 g/mol. The Morgan fingerprint density at radius 3 is 3.20 bits per heavy atom. The van der Waals surface area contributed by atoms with Crippen LogP contribution >= 0.6 is 12.6 Å². The van der Waals surface area contributed by atoms with Gasteiger partial charge in [0.2, 0.25) is 0 Å². The molecule has 10 heavy (non-hydrogen) atoms. The highest BCUT2D eigenvalue weighted by Crippen LogP contribution is 2.36. The zero-order chi connectivity index (χ0) is 6.97. The highest BCUT2D eigenvalue weighted by Gasteiger charge is 2.32. The van der Waals surface area contributed by atoms with E-state index >= 15 is 0 Å². The Kier molecular flexibility index (Phi) is 1.92. The summed E-state index contributed by atoms with van der Waals surface area (Å²) in [5, 5.41) is 4.07. The van der Waals surface area contributed by atoms with Crippen molar-refractivity contribution in [2.24, 2.45) is 5.92 Å². The van der Waals surface area contributed by atoms with Crippen LogP contribution in [0.5, 0.6) is 0 Å². The van der Waals surface area contributed by atoms with Crippen molar-refractivity contribution in [3.05, 3.63) is 5.92 Å². The molecule has 1 aliphatic carbocycles. The second-order valence-electron chi connectivity index (χ2n) is 3.42. The first-order valence-electron chi connectivity index (χ1n) is 4.09. The number of rotatable bonds is 0. The third-order valence-electron chi connectivity index (χ3n) is 2.67. The zero-order valence-corrected chi connectivity index (χ0v) is 7.03. The molecule has 1 N–H and O–H groups in total. The molecule has 0 aromatic carbocycles. The Morgan fingerprint density at radius 2 is 2.30 bits per heavy atom. The fraction of sp³-hybridized carbons (Fsp3) is 0.875. The molecule has 0 aromatic rings. The molecule has 2 unspecified atom stereocenters. The van der Waals surface area contributed by atoms with E-state index in [1.54, 1.807) is 5.92 Å². The Labute approximate surface area is 68.0 Å². The van der Waals surface area contributed by atoms with Crippen LogP contribution in [0.3, 0.4) is 0 Å². The summed E-state index contributed by atoms with van der Waals surface area (Å²) in [6.45, 7) is 2.40. The van der Waals surface area contributed by atoms with Crippen LogP contribution in [0.15, 0.2) is 0 Å². The SMILES string of the molecule is SC1CCC2CNC[C]2C1. The van der Waals surface area contributed by atoms with Gasteiger partial charge in [0.1, 0.15) is 0 Å². The van der Waals surface area contributed by atoms with Gasteiger partial charge in [-0.2, -0.15) is 12.6 Å². The number of fused-ring (bicyclic) bond motifs is 1. The van der Waals surface area contributed by atoms with E-state index in [1.165, 1.54) is 32.4 Å².